The summed E-state index contributed by atoms with van der Waals surface area (Å²) in [6.45, 7) is 0.787. The molecule has 27 heavy (non-hydrogen) atoms. The number of hydrogen-bond acceptors (Lipinski definition) is 3. The SMILES string of the molecule is O=S(=O)(Nc1ccc(F)c(F)c1Nc1ccc(I)cc1Cl)N1CCCCC1. The third-order valence-electron chi connectivity index (χ3n) is 4.18. The number of benzene rings is 2. The zero-order valence-electron chi connectivity index (χ0n) is 14.1. The van der Waals surface area contributed by atoms with Crippen LogP contribution >= 0.6 is 34.2 Å². The number of nitrogens with one attached hydrogen (secondary N) is 2. The highest BCUT2D eigenvalue weighted by atomic mass is 127. The first-order valence-corrected chi connectivity index (χ1v) is 11.2. The second kappa shape index (κ2) is 8.46. The van der Waals surface area contributed by atoms with Gasteiger partial charge in [-0.05, 0) is 65.8 Å². The quantitative estimate of drug-likeness (QED) is 0.532. The van der Waals surface area contributed by atoms with Gasteiger partial charge in [-0.25, -0.2) is 8.78 Å². The molecule has 1 heterocycles. The molecule has 0 amide bonds. The van der Waals surface area contributed by atoms with Gasteiger partial charge in [0.1, 0.15) is 5.69 Å². The van der Waals surface area contributed by atoms with Crippen LogP contribution in [0.1, 0.15) is 19.3 Å². The van der Waals surface area contributed by atoms with Crippen LogP contribution in [0.25, 0.3) is 0 Å². The van der Waals surface area contributed by atoms with Crippen molar-refractivity contribution in [3.63, 3.8) is 0 Å². The Morgan fingerprint density at radius 3 is 2.37 bits per heavy atom. The minimum Gasteiger partial charge on any atom is -0.350 e. The molecule has 1 fully saturated rings. The van der Waals surface area contributed by atoms with Crippen molar-refractivity contribution in [1.29, 1.82) is 0 Å². The van der Waals surface area contributed by atoms with Crippen LogP contribution < -0.4 is 10.0 Å². The lowest BCUT2D eigenvalue weighted by atomic mass is 10.2. The van der Waals surface area contributed by atoms with Crippen LogP contribution in [0.4, 0.5) is 25.8 Å². The molecule has 0 atom stereocenters. The van der Waals surface area contributed by atoms with Crippen molar-refractivity contribution in [1.82, 2.24) is 4.31 Å². The van der Waals surface area contributed by atoms with E-state index in [1.807, 2.05) is 0 Å². The molecule has 10 heteroatoms. The van der Waals surface area contributed by atoms with E-state index >= 15 is 0 Å². The molecule has 5 nitrogen and oxygen atoms in total. The van der Waals surface area contributed by atoms with E-state index in [9.17, 15) is 17.2 Å². The Hall–Kier alpha value is -1.17. The van der Waals surface area contributed by atoms with E-state index in [4.69, 9.17) is 11.6 Å². The van der Waals surface area contributed by atoms with Crippen molar-refractivity contribution in [3.05, 3.63) is 50.6 Å². The Morgan fingerprint density at radius 2 is 1.70 bits per heavy atom. The fourth-order valence-electron chi connectivity index (χ4n) is 2.79. The molecule has 0 spiro atoms. The minimum atomic E-state index is -3.88. The van der Waals surface area contributed by atoms with Gasteiger partial charge in [-0.3, -0.25) is 4.72 Å². The predicted octanol–water partition coefficient (Wildman–Crippen LogP) is 5.11. The van der Waals surface area contributed by atoms with E-state index in [1.165, 1.54) is 10.4 Å². The van der Waals surface area contributed by atoms with Gasteiger partial charge in [0, 0.05) is 16.7 Å². The van der Waals surface area contributed by atoms with Gasteiger partial charge in [0.15, 0.2) is 11.6 Å². The van der Waals surface area contributed by atoms with Gasteiger partial charge < -0.3 is 5.32 Å². The molecule has 2 aromatic rings. The molecular weight excluding hydrogens is 511 g/mol. The Kier molecular flexibility index (Phi) is 6.44. The van der Waals surface area contributed by atoms with Crippen molar-refractivity contribution < 1.29 is 17.2 Å². The molecule has 2 aromatic carbocycles. The lowest BCUT2D eigenvalue weighted by Gasteiger charge is -2.27. The molecule has 0 aromatic heterocycles. The van der Waals surface area contributed by atoms with Crippen LogP contribution in [-0.4, -0.2) is 25.8 Å². The highest BCUT2D eigenvalue weighted by Crippen LogP contribution is 2.34. The molecule has 3 rings (SSSR count). The van der Waals surface area contributed by atoms with Crippen molar-refractivity contribution in [2.75, 3.05) is 23.1 Å². The second-order valence-electron chi connectivity index (χ2n) is 6.10. The molecule has 1 aliphatic heterocycles. The van der Waals surface area contributed by atoms with E-state index in [0.717, 1.165) is 28.9 Å². The average Bonchev–Trinajstić information content (AvgIpc) is 2.63. The van der Waals surface area contributed by atoms with Gasteiger partial charge in [-0.15, -0.1) is 0 Å². The summed E-state index contributed by atoms with van der Waals surface area (Å²) in [5.74, 6) is -2.29. The molecule has 2 N–H and O–H groups in total. The van der Waals surface area contributed by atoms with E-state index in [2.05, 4.69) is 32.6 Å². The molecule has 1 saturated heterocycles. The largest absolute Gasteiger partial charge is 0.350 e. The summed E-state index contributed by atoms with van der Waals surface area (Å²) >= 11 is 8.22. The van der Waals surface area contributed by atoms with Crippen LogP contribution in [0.3, 0.4) is 0 Å². The van der Waals surface area contributed by atoms with Crippen LogP contribution in [0, 0.1) is 15.2 Å². The van der Waals surface area contributed by atoms with Gasteiger partial charge in [0.05, 0.1) is 16.4 Å². The van der Waals surface area contributed by atoms with Crippen LogP contribution in [0.2, 0.25) is 5.02 Å². The second-order valence-corrected chi connectivity index (χ2v) is 9.42. The molecular formula is C17H17ClF2IN3O2S. The van der Waals surface area contributed by atoms with Gasteiger partial charge in [0.25, 0.3) is 0 Å². The third kappa shape index (κ3) is 4.82. The monoisotopic (exact) mass is 527 g/mol. The molecule has 1 aliphatic rings. The number of anilines is 3. The summed E-state index contributed by atoms with van der Waals surface area (Å²) in [5.41, 5.74) is -0.0761. The summed E-state index contributed by atoms with van der Waals surface area (Å²) in [4.78, 5) is 0. The number of rotatable bonds is 5. The first-order chi connectivity index (χ1) is 12.8. The lowest BCUT2D eigenvalue weighted by molar-refractivity contribution is 0.349. The highest BCUT2D eigenvalue weighted by Gasteiger charge is 2.26. The van der Waals surface area contributed by atoms with Crippen LogP contribution in [0.15, 0.2) is 30.3 Å². The molecule has 0 unspecified atom stereocenters. The van der Waals surface area contributed by atoms with Crippen molar-refractivity contribution >= 4 is 61.5 Å². The summed E-state index contributed by atoms with van der Waals surface area (Å²) in [5, 5.41) is 3.01. The molecule has 0 saturated carbocycles. The third-order valence-corrected chi connectivity index (χ3v) is 6.69. The van der Waals surface area contributed by atoms with Gasteiger partial charge >= 0.3 is 10.2 Å². The lowest BCUT2D eigenvalue weighted by Crippen LogP contribution is -2.39. The maximum Gasteiger partial charge on any atom is 0.301 e. The Bertz CT molecular complexity index is 953. The van der Waals surface area contributed by atoms with E-state index in [0.29, 0.717) is 23.8 Å². The Morgan fingerprint density at radius 1 is 1.04 bits per heavy atom. The predicted molar refractivity (Wildman–Crippen MR) is 112 cm³/mol. The minimum absolute atomic E-state index is 0.0888. The maximum absolute atomic E-state index is 14.4. The Balaban J connectivity index is 1.95. The topological polar surface area (TPSA) is 61.4 Å². The first-order valence-electron chi connectivity index (χ1n) is 8.26. The number of piperidine rings is 1. The summed E-state index contributed by atoms with van der Waals surface area (Å²) in [6, 6.07) is 7.06. The molecule has 0 bridgehead atoms. The Labute approximate surface area is 175 Å². The first kappa shape index (κ1) is 20.6. The molecule has 146 valence electrons. The molecule has 0 aliphatic carbocycles. The summed E-state index contributed by atoms with van der Waals surface area (Å²) in [7, 11) is -3.88. The van der Waals surface area contributed by atoms with E-state index < -0.39 is 21.8 Å². The van der Waals surface area contributed by atoms with E-state index in [1.54, 1.807) is 18.2 Å². The van der Waals surface area contributed by atoms with Crippen molar-refractivity contribution in [2.45, 2.75) is 19.3 Å². The van der Waals surface area contributed by atoms with Gasteiger partial charge in [-0.2, -0.15) is 12.7 Å². The molecule has 0 radical (unpaired) electrons. The fourth-order valence-corrected chi connectivity index (χ4v) is 5.01. The average molecular weight is 528 g/mol. The van der Waals surface area contributed by atoms with E-state index in [-0.39, 0.29) is 11.4 Å². The van der Waals surface area contributed by atoms with Gasteiger partial charge in [-0.1, -0.05) is 18.0 Å². The zero-order chi connectivity index (χ0) is 19.6. The highest BCUT2D eigenvalue weighted by molar-refractivity contribution is 14.1. The normalized spacial score (nSPS) is 15.6. The number of nitrogens with zero attached hydrogens (tertiary/aromatic N) is 1. The fraction of sp³-hybridized carbons (Fsp3) is 0.294. The van der Waals surface area contributed by atoms with Crippen LogP contribution in [0.5, 0.6) is 0 Å². The van der Waals surface area contributed by atoms with Gasteiger partial charge in [0.2, 0.25) is 0 Å². The smallest absolute Gasteiger partial charge is 0.301 e. The maximum atomic E-state index is 14.4. The van der Waals surface area contributed by atoms with Crippen molar-refractivity contribution in [2.24, 2.45) is 0 Å². The number of halogens is 4. The number of hydrogen-bond donors (Lipinski definition) is 2. The summed E-state index contributed by atoms with van der Waals surface area (Å²) in [6.07, 6.45) is 2.50. The summed E-state index contributed by atoms with van der Waals surface area (Å²) < 4.78 is 58.0. The standard InChI is InChI=1S/C17H17ClF2IN3O2S/c18-12-10-11(21)4-6-14(12)22-17-15(7-5-13(19)16(17)20)23-27(25,26)24-8-2-1-3-9-24/h4-7,10,22-23H,1-3,8-9H2. The zero-order valence-corrected chi connectivity index (χ0v) is 17.8. The van der Waals surface area contributed by atoms with Crippen LogP contribution in [-0.2, 0) is 10.2 Å². The van der Waals surface area contributed by atoms with Crippen molar-refractivity contribution in [3.8, 4) is 0 Å².